The van der Waals surface area contributed by atoms with Crippen molar-refractivity contribution in [2.45, 2.75) is 43.4 Å². The van der Waals surface area contributed by atoms with Gasteiger partial charge in [0.1, 0.15) is 0 Å². The molecule has 4 heteroatoms. The number of rotatable bonds is 5. The molecule has 0 saturated heterocycles. The molecule has 1 aliphatic carbocycles. The minimum Gasteiger partial charge on any atom is -0.310 e. The smallest absolute Gasteiger partial charge is 0.0518 e. The SMILES string of the molecule is CSC1(CNCc2ccnn2C)CCCCC1. The van der Waals surface area contributed by atoms with Crippen LogP contribution in [0.15, 0.2) is 12.3 Å². The van der Waals surface area contributed by atoms with E-state index in [4.69, 9.17) is 0 Å². The van der Waals surface area contributed by atoms with E-state index in [1.54, 1.807) is 0 Å². The summed E-state index contributed by atoms with van der Waals surface area (Å²) in [6.45, 7) is 2.05. The maximum atomic E-state index is 4.19. The van der Waals surface area contributed by atoms with Gasteiger partial charge in [0.05, 0.1) is 5.69 Å². The van der Waals surface area contributed by atoms with Crippen molar-refractivity contribution in [1.82, 2.24) is 15.1 Å². The van der Waals surface area contributed by atoms with Gasteiger partial charge < -0.3 is 5.32 Å². The molecule has 0 radical (unpaired) electrons. The maximum Gasteiger partial charge on any atom is 0.0518 e. The molecule has 1 aromatic heterocycles. The molecule has 1 heterocycles. The lowest BCUT2D eigenvalue weighted by atomic mass is 9.88. The van der Waals surface area contributed by atoms with E-state index in [2.05, 4.69) is 22.7 Å². The summed E-state index contributed by atoms with van der Waals surface area (Å²) >= 11 is 2.05. The first-order valence-electron chi connectivity index (χ1n) is 6.48. The Balaban J connectivity index is 1.82. The second kappa shape index (κ2) is 5.91. The Labute approximate surface area is 108 Å². The minimum absolute atomic E-state index is 0.483. The molecule has 1 aliphatic rings. The molecule has 2 rings (SSSR count). The molecule has 3 nitrogen and oxygen atoms in total. The quantitative estimate of drug-likeness (QED) is 0.874. The van der Waals surface area contributed by atoms with Crippen LogP contribution in [0.5, 0.6) is 0 Å². The first-order chi connectivity index (χ1) is 8.26. The molecule has 0 spiro atoms. The maximum absolute atomic E-state index is 4.19. The molecular formula is C13H23N3S. The lowest BCUT2D eigenvalue weighted by Crippen LogP contribution is -2.39. The number of nitrogens with one attached hydrogen (secondary N) is 1. The van der Waals surface area contributed by atoms with Gasteiger partial charge in [-0.1, -0.05) is 19.3 Å². The van der Waals surface area contributed by atoms with E-state index in [1.807, 2.05) is 29.7 Å². The average molecular weight is 253 g/mol. The number of aromatic nitrogens is 2. The van der Waals surface area contributed by atoms with Crippen LogP contribution in [0.2, 0.25) is 0 Å². The number of nitrogens with zero attached hydrogens (tertiary/aromatic N) is 2. The standard InChI is InChI=1S/C13H23N3S/c1-16-12(6-9-15-16)10-14-11-13(17-2)7-4-3-5-8-13/h6,9,14H,3-5,7-8,10-11H2,1-2H3. The monoisotopic (exact) mass is 253 g/mol. The summed E-state index contributed by atoms with van der Waals surface area (Å²) in [5, 5.41) is 7.80. The number of aryl methyl sites for hydroxylation is 1. The third kappa shape index (κ3) is 3.26. The zero-order valence-electron chi connectivity index (χ0n) is 10.9. The summed E-state index contributed by atoms with van der Waals surface area (Å²) in [6, 6.07) is 2.08. The zero-order chi connectivity index (χ0) is 12.1. The van der Waals surface area contributed by atoms with Gasteiger partial charge in [-0.2, -0.15) is 16.9 Å². The van der Waals surface area contributed by atoms with Gasteiger partial charge in [0.15, 0.2) is 0 Å². The first kappa shape index (κ1) is 13.0. The second-order valence-corrected chi connectivity index (χ2v) is 6.27. The number of hydrogen-bond donors (Lipinski definition) is 1. The summed E-state index contributed by atoms with van der Waals surface area (Å²) in [7, 11) is 2.00. The summed E-state index contributed by atoms with van der Waals surface area (Å²) in [6.07, 6.45) is 11.1. The van der Waals surface area contributed by atoms with Crippen LogP contribution >= 0.6 is 11.8 Å². The van der Waals surface area contributed by atoms with Crippen molar-refractivity contribution in [1.29, 1.82) is 0 Å². The fraction of sp³-hybridized carbons (Fsp3) is 0.769. The molecule has 0 aromatic carbocycles. The van der Waals surface area contributed by atoms with Crippen molar-refractivity contribution < 1.29 is 0 Å². The van der Waals surface area contributed by atoms with E-state index in [-0.39, 0.29) is 0 Å². The van der Waals surface area contributed by atoms with Crippen LogP contribution in [-0.2, 0) is 13.6 Å². The highest BCUT2D eigenvalue weighted by Crippen LogP contribution is 2.37. The van der Waals surface area contributed by atoms with Crippen molar-refractivity contribution >= 4 is 11.8 Å². The minimum atomic E-state index is 0.483. The molecule has 17 heavy (non-hydrogen) atoms. The van der Waals surface area contributed by atoms with Gasteiger partial charge in [-0.05, 0) is 25.2 Å². The third-order valence-electron chi connectivity index (χ3n) is 3.87. The molecule has 0 amide bonds. The Morgan fingerprint density at radius 3 is 2.76 bits per heavy atom. The Kier molecular flexibility index (Phi) is 4.51. The summed E-state index contributed by atoms with van der Waals surface area (Å²) < 4.78 is 2.43. The lowest BCUT2D eigenvalue weighted by Gasteiger charge is -2.36. The predicted octanol–water partition coefficient (Wildman–Crippen LogP) is 2.58. The van der Waals surface area contributed by atoms with Crippen LogP contribution < -0.4 is 5.32 Å². The van der Waals surface area contributed by atoms with Crippen molar-refractivity contribution in [2.75, 3.05) is 12.8 Å². The summed E-state index contributed by atoms with van der Waals surface area (Å²) in [4.78, 5) is 0. The van der Waals surface area contributed by atoms with Crippen LogP contribution in [0.3, 0.4) is 0 Å². The van der Waals surface area contributed by atoms with E-state index in [1.165, 1.54) is 37.8 Å². The molecule has 1 fully saturated rings. The first-order valence-corrected chi connectivity index (χ1v) is 7.71. The topological polar surface area (TPSA) is 29.9 Å². The van der Waals surface area contributed by atoms with Gasteiger partial charge in [0.25, 0.3) is 0 Å². The molecular weight excluding hydrogens is 230 g/mol. The molecule has 0 aliphatic heterocycles. The van der Waals surface area contributed by atoms with E-state index < -0.39 is 0 Å². The fourth-order valence-electron chi connectivity index (χ4n) is 2.64. The molecule has 96 valence electrons. The lowest BCUT2D eigenvalue weighted by molar-refractivity contribution is 0.378. The van der Waals surface area contributed by atoms with Gasteiger partial charge >= 0.3 is 0 Å². The second-order valence-electron chi connectivity index (χ2n) is 5.00. The van der Waals surface area contributed by atoms with Crippen LogP contribution in [0.1, 0.15) is 37.8 Å². The van der Waals surface area contributed by atoms with Crippen molar-refractivity contribution in [3.8, 4) is 0 Å². The Hall–Kier alpha value is -0.480. The van der Waals surface area contributed by atoms with E-state index >= 15 is 0 Å². The number of hydrogen-bond acceptors (Lipinski definition) is 3. The van der Waals surface area contributed by atoms with Crippen LogP contribution in [0.4, 0.5) is 0 Å². The largest absolute Gasteiger partial charge is 0.310 e. The van der Waals surface area contributed by atoms with Gasteiger partial charge in [-0.15, -0.1) is 0 Å². The molecule has 1 N–H and O–H groups in total. The molecule has 1 aromatic rings. The van der Waals surface area contributed by atoms with Crippen molar-refractivity contribution in [2.24, 2.45) is 7.05 Å². The van der Waals surface area contributed by atoms with Crippen LogP contribution in [0.25, 0.3) is 0 Å². The van der Waals surface area contributed by atoms with Gasteiger partial charge in [0.2, 0.25) is 0 Å². The highest BCUT2D eigenvalue weighted by molar-refractivity contribution is 8.00. The van der Waals surface area contributed by atoms with E-state index in [9.17, 15) is 0 Å². The number of thioether (sulfide) groups is 1. The normalized spacial score (nSPS) is 19.4. The zero-order valence-corrected chi connectivity index (χ0v) is 11.7. The van der Waals surface area contributed by atoms with Gasteiger partial charge in [0, 0.05) is 31.1 Å². The average Bonchev–Trinajstić information content (AvgIpc) is 2.76. The van der Waals surface area contributed by atoms with Gasteiger partial charge in [-0.25, -0.2) is 0 Å². The van der Waals surface area contributed by atoms with Crippen molar-refractivity contribution in [3.63, 3.8) is 0 Å². The molecule has 1 saturated carbocycles. The summed E-state index contributed by atoms with van der Waals surface area (Å²) in [5.41, 5.74) is 1.26. The van der Waals surface area contributed by atoms with Crippen molar-refractivity contribution in [3.05, 3.63) is 18.0 Å². The van der Waals surface area contributed by atoms with Crippen LogP contribution in [0, 0.1) is 0 Å². The predicted molar refractivity (Wildman–Crippen MR) is 74.2 cm³/mol. The van der Waals surface area contributed by atoms with Crippen LogP contribution in [-0.4, -0.2) is 27.3 Å². The Morgan fingerprint density at radius 1 is 1.41 bits per heavy atom. The van der Waals surface area contributed by atoms with E-state index in [0.717, 1.165) is 13.1 Å². The summed E-state index contributed by atoms with van der Waals surface area (Å²) in [5.74, 6) is 0. The van der Waals surface area contributed by atoms with E-state index in [0.29, 0.717) is 4.75 Å². The molecule has 0 bridgehead atoms. The Morgan fingerprint density at radius 2 is 2.18 bits per heavy atom. The third-order valence-corrected chi connectivity index (χ3v) is 5.29. The highest BCUT2D eigenvalue weighted by Gasteiger charge is 2.30. The highest BCUT2D eigenvalue weighted by atomic mass is 32.2. The van der Waals surface area contributed by atoms with Gasteiger partial charge in [-0.3, -0.25) is 4.68 Å². The molecule has 0 unspecified atom stereocenters. The molecule has 0 atom stereocenters. The fourth-order valence-corrected chi connectivity index (χ4v) is 3.59. The Bertz CT molecular complexity index is 342.